The van der Waals surface area contributed by atoms with E-state index in [-0.39, 0.29) is 0 Å². The molecule has 2 heterocycles. The van der Waals surface area contributed by atoms with Gasteiger partial charge in [0.2, 0.25) is 0 Å². The molecule has 1 N–H and O–H groups in total. The number of hydrogen-bond donors (Lipinski definition) is 1. The van der Waals surface area contributed by atoms with Gasteiger partial charge in [-0.15, -0.1) is 0 Å². The van der Waals surface area contributed by atoms with Crippen molar-refractivity contribution < 1.29 is 5.11 Å². The van der Waals surface area contributed by atoms with Crippen molar-refractivity contribution in [2.24, 2.45) is 0 Å². The lowest BCUT2D eigenvalue weighted by molar-refractivity contribution is 0.0231. The van der Waals surface area contributed by atoms with Crippen LogP contribution >= 0.6 is 0 Å². The second kappa shape index (κ2) is 4.91. The summed E-state index contributed by atoms with van der Waals surface area (Å²) in [5.41, 5.74) is 1.19. The van der Waals surface area contributed by atoms with Crippen LogP contribution in [0.5, 0.6) is 0 Å². The van der Waals surface area contributed by atoms with Crippen molar-refractivity contribution in [3.05, 3.63) is 42.1 Å². The number of para-hydroxylation sites is 1. The zero-order chi connectivity index (χ0) is 13.3. The second-order valence-electron chi connectivity index (χ2n) is 5.57. The first-order chi connectivity index (χ1) is 9.19. The van der Waals surface area contributed by atoms with Crippen LogP contribution in [0.3, 0.4) is 0 Å². The van der Waals surface area contributed by atoms with Crippen LogP contribution in [-0.4, -0.2) is 35.1 Å². The molecule has 3 rings (SSSR count). The Hall–Kier alpha value is -1.45. The van der Waals surface area contributed by atoms with Crippen molar-refractivity contribution >= 4 is 10.9 Å². The predicted molar refractivity (Wildman–Crippen MR) is 77.0 cm³/mol. The molecule has 0 aliphatic carbocycles. The van der Waals surface area contributed by atoms with Gasteiger partial charge in [0.15, 0.2) is 0 Å². The predicted octanol–water partition coefficient (Wildman–Crippen LogP) is 2.54. The van der Waals surface area contributed by atoms with Crippen LogP contribution in [0.2, 0.25) is 0 Å². The Morgan fingerprint density at radius 2 is 2.00 bits per heavy atom. The average Bonchev–Trinajstić information content (AvgIpc) is 2.61. The van der Waals surface area contributed by atoms with Crippen molar-refractivity contribution in [2.75, 3.05) is 20.1 Å². The number of rotatable bonds is 1. The molecule has 1 atom stereocenters. The van der Waals surface area contributed by atoms with Crippen molar-refractivity contribution in [3.8, 4) is 0 Å². The molecule has 1 aliphatic heterocycles. The minimum Gasteiger partial charge on any atom is -0.385 e. The van der Waals surface area contributed by atoms with E-state index in [9.17, 15) is 5.11 Å². The van der Waals surface area contributed by atoms with Gasteiger partial charge in [0.05, 0.1) is 11.1 Å². The molecule has 0 spiro atoms. The normalized spacial score (nSPS) is 25.4. The summed E-state index contributed by atoms with van der Waals surface area (Å²) in [6, 6.07) is 10.1. The van der Waals surface area contributed by atoms with Gasteiger partial charge in [0.25, 0.3) is 0 Å². The van der Waals surface area contributed by atoms with Gasteiger partial charge >= 0.3 is 0 Å². The molecule has 0 bridgehead atoms. The molecule has 0 amide bonds. The van der Waals surface area contributed by atoms with Gasteiger partial charge in [0.1, 0.15) is 0 Å². The lowest BCUT2D eigenvalue weighted by Crippen LogP contribution is -2.28. The highest BCUT2D eigenvalue weighted by Gasteiger charge is 2.32. The summed E-state index contributed by atoms with van der Waals surface area (Å²) in [6.45, 7) is 1.99. The van der Waals surface area contributed by atoms with Crippen LogP contribution < -0.4 is 0 Å². The fraction of sp³-hybridized carbons (Fsp3) is 0.438. The number of benzene rings is 1. The lowest BCUT2D eigenvalue weighted by atomic mass is 9.85. The molecule has 1 aromatic heterocycles. The Labute approximate surface area is 113 Å². The number of pyridine rings is 1. The number of aromatic nitrogens is 1. The van der Waals surface area contributed by atoms with E-state index in [4.69, 9.17) is 0 Å². The molecular formula is C16H20N2O. The van der Waals surface area contributed by atoms with Crippen LogP contribution in [0.4, 0.5) is 0 Å². The molecule has 0 saturated carbocycles. The van der Waals surface area contributed by atoms with E-state index in [0.29, 0.717) is 0 Å². The summed E-state index contributed by atoms with van der Waals surface area (Å²) in [5, 5.41) is 12.2. The molecule has 19 heavy (non-hydrogen) atoms. The summed E-state index contributed by atoms with van der Waals surface area (Å²) in [4.78, 5) is 6.77. The molecule has 0 radical (unpaired) electrons. The van der Waals surface area contributed by atoms with Gasteiger partial charge in [-0.2, -0.15) is 0 Å². The van der Waals surface area contributed by atoms with Crippen LogP contribution in [0, 0.1) is 0 Å². The SMILES string of the molecule is CN1CCCC(O)(c2cccc3cccnc23)CC1. The zero-order valence-corrected chi connectivity index (χ0v) is 11.3. The largest absolute Gasteiger partial charge is 0.385 e. The van der Waals surface area contributed by atoms with E-state index >= 15 is 0 Å². The Bertz CT molecular complexity index is 578. The quantitative estimate of drug-likeness (QED) is 0.852. The highest BCUT2D eigenvalue weighted by Crippen LogP contribution is 2.35. The molecule has 1 aliphatic rings. The molecule has 1 fully saturated rings. The van der Waals surface area contributed by atoms with Crippen molar-refractivity contribution in [1.82, 2.24) is 9.88 Å². The Morgan fingerprint density at radius 3 is 2.89 bits per heavy atom. The number of nitrogens with zero attached hydrogens (tertiary/aromatic N) is 2. The van der Waals surface area contributed by atoms with E-state index in [1.165, 1.54) is 0 Å². The Morgan fingerprint density at radius 1 is 1.16 bits per heavy atom. The van der Waals surface area contributed by atoms with E-state index in [0.717, 1.165) is 48.8 Å². The summed E-state index contributed by atoms with van der Waals surface area (Å²) >= 11 is 0. The van der Waals surface area contributed by atoms with Crippen LogP contribution in [0.25, 0.3) is 10.9 Å². The fourth-order valence-corrected chi connectivity index (χ4v) is 3.00. The van der Waals surface area contributed by atoms with E-state index in [2.05, 4.69) is 29.1 Å². The second-order valence-corrected chi connectivity index (χ2v) is 5.57. The fourth-order valence-electron chi connectivity index (χ4n) is 3.00. The van der Waals surface area contributed by atoms with Gasteiger partial charge in [-0.25, -0.2) is 0 Å². The molecule has 1 saturated heterocycles. The summed E-state index contributed by atoms with van der Waals surface area (Å²) < 4.78 is 0. The maximum Gasteiger partial charge on any atom is 0.0930 e. The maximum atomic E-state index is 11.1. The third kappa shape index (κ3) is 2.36. The molecule has 1 aromatic carbocycles. The monoisotopic (exact) mass is 256 g/mol. The molecule has 100 valence electrons. The highest BCUT2D eigenvalue weighted by atomic mass is 16.3. The summed E-state index contributed by atoms with van der Waals surface area (Å²) in [7, 11) is 2.12. The first-order valence-electron chi connectivity index (χ1n) is 6.94. The minimum atomic E-state index is -0.737. The Balaban J connectivity index is 2.07. The highest BCUT2D eigenvalue weighted by molar-refractivity contribution is 5.82. The summed E-state index contributed by atoms with van der Waals surface area (Å²) in [5.74, 6) is 0. The van der Waals surface area contributed by atoms with Crippen molar-refractivity contribution in [1.29, 1.82) is 0 Å². The van der Waals surface area contributed by atoms with Crippen LogP contribution in [0.15, 0.2) is 36.5 Å². The van der Waals surface area contributed by atoms with Gasteiger partial charge in [0, 0.05) is 23.7 Å². The number of likely N-dealkylation sites (tertiary alicyclic amines) is 1. The maximum absolute atomic E-state index is 11.1. The van der Waals surface area contributed by atoms with E-state index in [1.54, 1.807) is 6.20 Å². The molecular weight excluding hydrogens is 236 g/mol. The zero-order valence-electron chi connectivity index (χ0n) is 11.3. The van der Waals surface area contributed by atoms with Gasteiger partial charge in [-0.1, -0.05) is 24.3 Å². The standard InChI is InChI=1S/C16H20N2O/c1-18-11-4-8-16(19,9-12-18)14-7-2-5-13-6-3-10-17-15(13)14/h2-3,5-7,10,19H,4,8-9,11-12H2,1H3. The lowest BCUT2D eigenvalue weighted by Gasteiger charge is -2.28. The third-order valence-electron chi connectivity index (χ3n) is 4.17. The average molecular weight is 256 g/mol. The number of aliphatic hydroxyl groups is 1. The number of fused-ring (bicyclic) bond motifs is 1. The van der Waals surface area contributed by atoms with Gasteiger partial charge < -0.3 is 10.0 Å². The molecule has 1 unspecified atom stereocenters. The van der Waals surface area contributed by atoms with Gasteiger partial charge in [-0.05, 0) is 38.9 Å². The van der Waals surface area contributed by atoms with Gasteiger partial charge in [-0.3, -0.25) is 4.98 Å². The molecule has 3 heteroatoms. The van der Waals surface area contributed by atoms with Crippen molar-refractivity contribution in [3.63, 3.8) is 0 Å². The van der Waals surface area contributed by atoms with Crippen LogP contribution in [0.1, 0.15) is 24.8 Å². The number of hydrogen-bond acceptors (Lipinski definition) is 3. The van der Waals surface area contributed by atoms with E-state index in [1.807, 2.05) is 18.2 Å². The van der Waals surface area contributed by atoms with Crippen LogP contribution in [-0.2, 0) is 5.60 Å². The van der Waals surface area contributed by atoms with E-state index < -0.39 is 5.60 Å². The minimum absolute atomic E-state index is 0.737. The van der Waals surface area contributed by atoms with Crippen molar-refractivity contribution in [2.45, 2.75) is 24.9 Å². The summed E-state index contributed by atoms with van der Waals surface area (Å²) in [6.07, 6.45) is 4.42. The first kappa shape index (κ1) is 12.6. The molecule has 2 aromatic rings. The first-order valence-corrected chi connectivity index (χ1v) is 6.94. The Kier molecular flexibility index (Phi) is 3.25. The third-order valence-corrected chi connectivity index (χ3v) is 4.17. The smallest absolute Gasteiger partial charge is 0.0930 e. The molecule has 3 nitrogen and oxygen atoms in total. The topological polar surface area (TPSA) is 36.4 Å².